The minimum absolute atomic E-state index is 0. The number of thiazole rings is 1. The van der Waals surface area contributed by atoms with Crippen LogP contribution in [-0.2, 0) is 0 Å². The number of nitrogens with zero attached hydrogens (tertiary/aromatic N) is 3. The van der Waals surface area contributed by atoms with Crippen molar-refractivity contribution < 1.29 is 13.6 Å². The summed E-state index contributed by atoms with van der Waals surface area (Å²) in [6, 6.07) is 6.23. The number of rotatable bonds is 6. The Hall–Kier alpha value is -1.96. The number of furan rings is 1. The van der Waals surface area contributed by atoms with Crippen molar-refractivity contribution in [3.63, 3.8) is 0 Å². The summed E-state index contributed by atoms with van der Waals surface area (Å²) in [6.45, 7) is 4.99. The quantitative estimate of drug-likeness (QED) is 0.591. The molecule has 3 rings (SSSR count). The number of aromatic nitrogens is 1. The van der Waals surface area contributed by atoms with Gasteiger partial charge in [-0.15, -0.1) is 12.4 Å². The Kier molecular flexibility index (Phi) is 6.97. The fourth-order valence-corrected chi connectivity index (χ4v) is 3.83. The van der Waals surface area contributed by atoms with Gasteiger partial charge in [-0.2, -0.15) is 0 Å². The van der Waals surface area contributed by atoms with E-state index in [2.05, 4.69) is 9.88 Å². The minimum Gasteiger partial charge on any atom is -0.466 e. The van der Waals surface area contributed by atoms with E-state index in [1.54, 1.807) is 24.0 Å². The lowest BCUT2D eigenvalue weighted by Crippen LogP contribution is -2.33. The standard InChI is InChI=1S/C19H22FN3O2S.ClH/c1-12-10-15(13(2)25-12)18(24)23(9-5-8-22(3)4)19-21-16-7-6-14(20)11-17(16)26-19;/h6-7,10-11H,5,8-9H2,1-4H3;1H. The van der Waals surface area contributed by atoms with Gasteiger partial charge in [0.1, 0.15) is 17.3 Å². The van der Waals surface area contributed by atoms with Crippen LogP contribution in [0.4, 0.5) is 9.52 Å². The third-order valence-corrected chi connectivity index (χ3v) is 5.11. The highest BCUT2D eigenvalue weighted by Gasteiger charge is 2.24. The lowest BCUT2D eigenvalue weighted by atomic mass is 10.2. The molecule has 2 heterocycles. The van der Waals surface area contributed by atoms with Crippen molar-refractivity contribution in [1.82, 2.24) is 9.88 Å². The van der Waals surface area contributed by atoms with Crippen LogP contribution in [-0.4, -0.2) is 43.0 Å². The van der Waals surface area contributed by atoms with Gasteiger partial charge < -0.3 is 9.32 Å². The molecule has 2 aromatic heterocycles. The summed E-state index contributed by atoms with van der Waals surface area (Å²) in [4.78, 5) is 21.4. The Bertz CT molecular complexity index is 938. The molecular formula is C19H23ClFN3O2S. The smallest absolute Gasteiger partial charge is 0.263 e. The molecule has 1 amide bonds. The number of carbonyl (C=O) groups excluding carboxylic acids is 1. The van der Waals surface area contributed by atoms with Gasteiger partial charge in [-0.3, -0.25) is 9.69 Å². The summed E-state index contributed by atoms with van der Waals surface area (Å²) in [5, 5.41) is 0.576. The van der Waals surface area contributed by atoms with Gasteiger partial charge in [0.05, 0.1) is 15.8 Å². The van der Waals surface area contributed by atoms with Crippen molar-refractivity contribution in [2.75, 3.05) is 32.1 Å². The van der Waals surface area contributed by atoms with Gasteiger partial charge in [0.25, 0.3) is 5.91 Å². The van der Waals surface area contributed by atoms with E-state index >= 15 is 0 Å². The monoisotopic (exact) mass is 411 g/mol. The maximum absolute atomic E-state index is 13.5. The molecule has 0 aliphatic carbocycles. The van der Waals surface area contributed by atoms with Gasteiger partial charge in [-0.1, -0.05) is 11.3 Å². The third-order valence-electron chi connectivity index (χ3n) is 4.07. The topological polar surface area (TPSA) is 49.6 Å². The van der Waals surface area contributed by atoms with E-state index in [9.17, 15) is 9.18 Å². The van der Waals surface area contributed by atoms with E-state index in [1.165, 1.54) is 23.5 Å². The van der Waals surface area contributed by atoms with Crippen LogP contribution in [0.15, 0.2) is 28.7 Å². The molecule has 0 bridgehead atoms. The molecule has 1 aromatic carbocycles. The number of benzene rings is 1. The van der Waals surface area contributed by atoms with Gasteiger partial charge in [-0.25, -0.2) is 9.37 Å². The molecule has 0 aliphatic rings. The van der Waals surface area contributed by atoms with Crippen LogP contribution < -0.4 is 4.90 Å². The Morgan fingerprint density at radius 1 is 1.22 bits per heavy atom. The molecule has 0 spiro atoms. The highest BCUT2D eigenvalue weighted by Crippen LogP contribution is 2.31. The van der Waals surface area contributed by atoms with Crippen LogP contribution in [0, 0.1) is 19.7 Å². The van der Waals surface area contributed by atoms with Gasteiger partial charge in [0.15, 0.2) is 5.13 Å². The van der Waals surface area contributed by atoms with Crippen LogP contribution >= 0.6 is 23.7 Å². The van der Waals surface area contributed by atoms with Crippen LogP contribution in [0.25, 0.3) is 10.2 Å². The van der Waals surface area contributed by atoms with Crippen molar-refractivity contribution in [1.29, 1.82) is 0 Å². The average molecular weight is 412 g/mol. The molecule has 5 nitrogen and oxygen atoms in total. The number of halogens is 2. The Morgan fingerprint density at radius 3 is 2.59 bits per heavy atom. The van der Waals surface area contributed by atoms with Gasteiger partial charge >= 0.3 is 0 Å². The predicted molar refractivity (Wildman–Crippen MR) is 110 cm³/mol. The molecule has 3 aromatic rings. The van der Waals surface area contributed by atoms with Gasteiger partial charge in [0, 0.05) is 6.54 Å². The zero-order valence-electron chi connectivity index (χ0n) is 15.8. The van der Waals surface area contributed by atoms with Crippen molar-refractivity contribution in [2.24, 2.45) is 0 Å². The maximum atomic E-state index is 13.5. The molecule has 0 saturated heterocycles. The highest BCUT2D eigenvalue weighted by atomic mass is 35.5. The van der Waals surface area contributed by atoms with Crippen molar-refractivity contribution >= 4 is 45.0 Å². The molecule has 0 aliphatic heterocycles. The first-order valence-corrected chi connectivity index (χ1v) is 9.26. The van der Waals surface area contributed by atoms with Crippen molar-refractivity contribution in [3.8, 4) is 0 Å². The Labute approximate surface area is 168 Å². The van der Waals surface area contributed by atoms with E-state index in [0.717, 1.165) is 17.7 Å². The first kappa shape index (κ1) is 21.3. The highest BCUT2D eigenvalue weighted by molar-refractivity contribution is 7.22. The average Bonchev–Trinajstić information content (AvgIpc) is 3.12. The largest absolute Gasteiger partial charge is 0.466 e. The zero-order valence-corrected chi connectivity index (χ0v) is 17.4. The molecule has 27 heavy (non-hydrogen) atoms. The van der Waals surface area contributed by atoms with Crippen molar-refractivity contribution in [3.05, 3.63) is 47.2 Å². The van der Waals surface area contributed by atoms with E-state index in [-0.39, 0.29) is 24.1 Å². The van der Waals surface area contributed by atoms with E-state index in [1.807, 2.05) is 21.0 Å². The number of hydrogen-bond acceptors (Lipinski definition) is 5. The molecule has 0 fully saturated rings. The second-order valence-corrected chi connectivity index (χ2v) is 7.56. The number of amides is 1. The van der Waals surface area contributed by atoms with E-state index < -0.39 is 0 Å². The Balaban J connectivity index is 0.00000261. The molecule has 0 radical (unpaired) electrons. The second-order valence-electron chi connectivity index (χ2n) is 6.55. The molecule has 8 heteroatoms. The number of carbonyl (C=O) groups is 1. The molecule has 0 unspecified atom stereocenters. The summed E-state index contributed by atoms with van der Waals surface area (Å²) in [5.74, 6) is 0.847. The molecule has 0 atom stereocenters. The third kappa shape index (κ3) is 4.86. The maximum Gasteiger partial charge on any atom is 0.263 e. The first-order chi connectivity index (χ1) is 12.3. The fraction of sp³-hybridized carbons (Fsp3) is 0.368. The predicted octanol–water partition coefficient (Wildman–Crippen LogP) is 4.67. The summed E-state index contributed by atoms with van der Waals surface area (Å²) in [5.41, 5.74) is 1.23. The zero-order chi connectivity index (χ0) is 18.8. The fourth-order valence-electron chi connectivity index (χ4n) is 2.82. The summed E-state index contributed by atoms with van der Waals surface area (Å²) < 4.78 is 19.7. The second kappa shape index (κ2) is 8.82. The van der Waals surface area contributed by atoms with Crippen LogP contribution in [0.2, 0.25) is 0 Å². The van der Waals surface area contributed by atoms with E-state index in [0.29, 0.717) is 34.3 Å². The molecular weight excluding hydrogens is 389 g/mol. The van der Waals surface area contributed by atoms with Gasteiger partial charge in [-0.05, 0) is 65.2 Å². The number of hydrogen-bond donors (Lipinski definition) is 0. The molecule has 0 saturated carbocycles. The summed E-state index contributed by atoms with van der Waals surface area (Å²) in [7, 11) is 3.99. The SMILES string of the molecule is Cc1cc(C(=O)N(CCCN(C)C)c2nc3ccc(F)cc3s2)c(C)o1.Cl. The number of anilines is 1. The van der Waals surface area contributed by atoms with Crippen LogP contribution in [0.1, 0.15) is 28.3 Å². The summed E-state index contributed by atoms with van der Waals surface area (Å²) >= 11 is 1.32. The Morgan fingerprint density at radius 2 is 1.96 bits per heavy atom. The number of fused-ring (bicyclic) bond motifs is 1. The first-order valence-electron chi connectivity index (χ1n) is 8.45. The lowest BCUT2D eigenvalue weighted by Gasteiger charge is -2.20. The number of aryl methyl sites for hydroxylation is 2. The van der Waals surface area contributed by atoms with E-state index in [4.69, 9.17) is 4.42 Å². The van der Waals surface area contributed by atoms with Crippen molar-refractivity contribution in [2.45, 2.75) is 20.3 Å². The van der Waals surface area contributed by atoms with Gasteiger partial charge in [0.2, 0.25) is 0 Å². The minimum atomic E-state index is -0.306. The lowest BCUT2D eigenvalue weighted by molar-refractivity contribution is 0.0984. The summed E-state index contributed by atoms with van der Waals surface area (Å²) in [6.07, 6.45) is 0.804. The molecule has 0 N–H and O–H groups in total. The normalized spacial score (nSPS) is 11.0. The molecule has 146 valence electrons. The van der Waals surface area contributed by atoms with Crippen LogP contribution in [0.5, 0.6) is 0 Å². The van der Waals surface area contributed by atoms with Crippen LogP contribution in [0.3, 0.4) is 0 Å².